The largest absolute Gasteiger partial charge is 0.350 e. The number of hydrogen-bond acceptors (Lipinski definition) is 4. The summed E-state index contributed by atoms with van der Waals surface area (Å²) in [5, 5.41) is 2.92. The number of rotatable bonds is 5. The molecule has 2 aliphatic heterocycles. The van der Waals surface area contributed by atoms with Gasteiger partial charge < -0.3 is 10.2 Å². The van der Waals surface area contributed by atoms with Crippen LogP contribution in [0.25, 0.3) is 6.08 Å². The number of hydrogen-bond donors (Lipinski definition) is 1. The summed E-state index contributed by atoms with van der Waals surface area (Å²) in [5.74, 6) is -0.0359. The molecule has 27 heavy (non-hydrogen) atoms. The third-order valence-corrected chi connectivity index (χ3v) is 6.28. The van der Waals surface area contributed by atoms with Crippen LogP contribution in [-0.4, -0.2) is 56.5 Å². The lowest BCUT2D eigenvalue weighted by Gasteiger charge is -2.30. The van der Waals surface area contributed by atoms with Crippen LogP contribution in [0, 0.1) is 0 Å². The maximum absolute atomic E-state index is 12.1. The van der Waals surface area contributed by atoms with Crippen LogP contribution >= 0.6 is 0 Å². The van der Waals surface area contributed by atoms with E-state index in [1.807, 2.05) is 24.3 Å². The van der Waals surface area contributed by atoms with E-state index in [0.29, 0.717) is 32.4 Å². The highest BCUT2D eigenvalue weighted by atomic mass is 32.2. The molecule has 0 atom stereocenters. The Labute approximate surface area is 160 Å². The second kappa shape index (κ2) is 8.22. The van der Waals surface area contributed by atoms with Crippen LogP contribution < -0.4 is 10.2 Å². The molecule has 0 spiro atoms. The Kier molecular flexibility index (Phi) is 5.96. The van der Waals surface area contributed by atoms with Crippen molar-refractivity contribution in [1.82, 2.24) is 9.62 Å². The predicted octanol–water partition coefficient (Wildman–Crippen LogP) is 1.37. The molecular formula is C19H25N3O4S. The molecule has 0 aromatic heterocycles. The van der Waals surface area contributed by atoms with Gasteiger partial charge in [0, 0.05) is 43.9 Å². The van der Waals surface area contributed by atoms with Gasteiger partial charge in [0.15, 0.2) is 0 Å². The maximum atomic E-state index is 12.1. The van der Waals surface area contributed by atoms with E-state index in [-0.39, 0.29) is 17.9 Å². The zero-order valence-corrected chi connectivity index (χ0v) is 16.2. The highest BCUT2D eigenvalue weighted by molar-refractivity contribution is 7.88. The molecule has 3 rings (SSSR count). The van der Waals surface area contributed by atoms with Crippen LogP contribution in [-0.2, 0) is 19.6 Å². The molecule has 2 amide bonds. The van der Waals surface area contributed by atoms with Crippen LogP contribution in [0.1, 0.15) is 31.2 Å². The first kappa shape index (κ1) is 19.6. The zero-order chi connectivity index (χ0) is 19.4. The van der Waals surface area contributed by atoms with E-state index in [2.05, 4.69) is 5.32 Å². The van der Waals surface area contributed by atoms with Gasteiger partial charge in [0.05, 0.1) is 6.26 Å². The van der Waals surface area contributed by atoms with E-state index in [4.69, 9.17) is 0 Å². The van der Waals surface area contributed by atoms with E-state index in [0.717, 1.165) is 24.2 Å². The van der Waals surface area contributed by atoms with E-state index in [9.17, 15) is 18.0 Å². The molecule has 146 valence electrons. The Morgan fingerprint density at radius 2 is 1.81 bits per heavy atom. The van der Waals surface area contributed by atoms with Crippen molar-refractivity contribution in [2.24, 2.45) is 0 Å². The minimum atomic E-state index is -3.16. The maximum Gasteiger partial charge on any atom is 0.244 e. The molecule has 0 unspecified atom stereocenters. The van der Waals surface area contributed by atoms with Crippen LogP contribution in [0.15, 0.2) is 30.3 Å². The van der Waals surface area contributed by atoms with Gasteiger partial charge in [0.25, 0.3) is 0 Å². The lowest BCUT2D eigenvalue weighted by molar-refractivity contribution is -0.118. The fourth-order valence-corrected chi connectivity index (χ4v) is 4.31. The molecule has 8 heteroatoms. The van der Waals surface area contributed by atoms with Crippen molar-refractivity contribution < 1.29 is 18.0 Å². The van der Waals surface area contributed by atoms with Gasteiger partial charge in [-0.25, -0.2) is 12.7 Å². The van der Waals surface area contributed by atoms with Crippen molar-refractivity contribution in [2.75, 3.05) is 30.8 Å². The Morgan fingerprint density at radius 3 is 2.37 bits per heavy atom. The topological polar surface area (TPSA) is 86.8 Å². The third kappa shape index (κ3) is 5.17. The number of anilines is 1. The molecule has 7 nitrogen and oxygen atoms in total. The molecule has 1 aromatic rings. The second-order valence-electron chi connectivity index (χ2n) is 7.02. The predicted molar refractivity (Wildman–Crippen MR) is 105 cm³/mol. The van der Waals surface area contributed by atoms with Crippen LogP contribution in [0.2, 0.25) is 0 Å². The van der Waals surface area contributed by atoms with Gasteiger partial charge in [-0.2, -0.15) is 0 Å². The van der Waals surface area contributed by atoms with Crippen LogP contribution in [0.4, 0.5) is 5.69 Å². The summed E-state index contributed by atoms with van der Waals surface area (Å²) in [4.78, 5) is 25.6. The highest BCUT2D eigenvalue weighted by Gasteiger charge is 2.25. The molecular weight excluding hydrogens is 366 g/mol. The number of amides is 2. The fraction of sp³-hybridized carbons (Fsp3) is 0.474. The van der Waals surface area contributed by atoms with Gasteiger partial charge in [-0.3, -0.25) is 9.59 Å². The van der Waals surface area contributed by atoms with Gasteiger partial charge in [-0.1, -0.05) is 12.1 Å². The highest BCUT2D eigenvalue weighted by Crippen LogP contribution is 2.22. The van der Waals surface area contributed by atoms with Gasteiger partial charge in [-0.15, -0.1) is 0 Å². The molecule has 2 aliphatic rings. The quantitative estimate of drug-likeness (QED) is 0.768. The average Bonchev–Trinajstić information content (AvgIpc) is 3.06. The number of piperidine rings is 1. The Hall–Kier alpha value is -2.19. The summed E-state index contributed by atoms with van der Waals surface area (Å²) in [6.07, 6.45) is 7.15. The first-order valence-corrected chi connectivity index (χ1v) is 11.0. The molecule has 0 saturated carbocycles. The molecule has 0 bridgehead atoms. The monoisotopic (exact) mass is 391 g/mol. The minimum Gasteiger partial charge on any atom is -0.350 e. The Morgan fingerprint density at radius 1 is 1.15 bits per heavy atom. The number of carbonyl (C=O) groups excluding carboxylic acids is 2. The standard InChI is InChI=1S/C19H25N3O4S/c1-27(25,26)21-13-10-16(11-14-21)20-18(23)9-6-15-4-7-17(8-5-15)22-12-2-3-19(22)24/h4-9,16H,2-3,10-14H2,1H3,(H,20,23). The SMILES string of the molecule is CS(=O)(=O)N1CCC(NC(=O)C=Cc2ccc(N3CCCC3=O)cc2)CC1. The number of nitrogens with zero attached hydrogens (tertiary/aromatic N) is 2. The third-order valence-electron chi connectivity index (χ3n) is 4.97. The van der Waals surface area contributed by atoms with E-state index >= 15 is 0 Å². The van der Waals surface area contributed by atoms with E-state index in [1.165, 1.54) is 16.6 Å². The average molecular weight is 391 g/mol. The molecule has 1 aromatic carbocycles. The van der Waals surface area contributed by atoms with Crippen molar-refractivity contribution in [2.45, 2.75) is 31.7 Å². The number of nitrogens with one attached hydrogen (secondary N) is 1. The summed E-state index contributed by atoms with van der Waals surface area (Å²) in [6.45, 7) is 1.63. The van der Waals surface area contributed by atoms with Gasteiger partial charge in [0.2, 0.25) is 21.8 Å². The minimum absolute atomic E-state index is 0.0105. The first-order chi connectivity index (χ1) is 12.8. The summed E-state index contributed by atoms with van der Waals surface area (Å²) < 4.78 is 24.5. The Bertz CT molecular complexity index is 825. The number of carbonyl (C=O) groups is 2. The second-order valence-corrected chi connectivity index (χ2v) is 9.00. The van der Waals surface area contributed by atoms with Gasteiger partial charge >= 0.3 is 0 Å². The van der Waals surface area contributed by atoms with Crippen molar-refractivity contribution >= 4 is 33.6 Å². The van der Waals surface area contributed by atoms with Crippen molar-refractivity contribution in [1.29, 1.82) is 0 Å². The lowest BCUT2D eigenvalue weighted by Crippen LogP contribution is -2.45. The summed E-state index contributed by atoms with van der Waals surface area (Å²) in [5.41, 5.74) is 1.77. The first-order valence-electron chi connectivity index (χ1n) is 9.17. The summed E-state index contributed by atoms with van der Waals surface area (Å²) in [6, 6.07) is 7.54. The van der Waals surface area contributed by atoms with Crippen LogP contribution in [0.3, 0.4) is 0 Å². The number of sulfonamides is 1. The summed E-state index contributed by atoms with van der Waals surface area (Å²) in [7, 11) is -3.16. The molecule has 1 N–H and O–H groups in total. The smallest absolute Gasteiger partial charge is 0.244 e. The van der Waals surface area contributed by atoms with Gasteiger partial charge in [-0.05, 0) is 43.0 Å². The fourth-order valence-electron chi connectivity index (χ4n) is 3.44. The van der Waals surface area contributed by atoms with Crippen molar-refractivity contribution in [3.05, 3.63) is 35.9 Å². The van der Waals surface area contributed by atoms with Gasteiger partial charge in [0.1, 0.15) is 0 Å². The Balaban J connectivity index is 1.49. The normalized spacial score (nSPS) is 19.7. The lowest BCUT2D eigenvalue weighted by atomic mass is 10.1. The van der Waals surface area contributed by atoms with E-state index in [1.54, 1.807) is 11.0 Å². The van der Waals surface area contributed by atoms with Crippen molar-refractivity contribution in [3.63, 3.8) is 0 Å². The molecule has 0 radical (unpaired) electrons. The molecule has 2 heterocycles. The zero-order valence-electron chi connectivity index (χ0n) is 15.4. The molecule has 2 fully saturated rings. The van der Waals surface area contributed by atoms with E-state index < -0.39 is 10.0 Å². The van der Waals surface area contributed by atoms with Crippen LogP contribution in [0.5, 0.6) is 0 Å². The number of benzene rings is 1. The summed E-state index contributed by atoms with van der Waals surface area (Å²) >= 11 is 0. The van der Waals surface area contributed by atoms with Crippen molar-refractivity contribution in [3.8, 4) is 0 Å². The molecule has 2 saturated heterocycles. The molecule has 0 aliphatic carbocycles.